The molecule has 0 heterocycles. The van der Waals surface area contributed by atoms with E-state index in [1.54, 1.807) is 0 Å². The first kappa shape index (κ1) is 9.02. The van der Waals surface area contributed by atoms with Crippen molar-refractivity contribution in [2.45, 2.75) is 57.5 Å². The van der Waals surface area contributed by atoms with E-state index in [0.717, 1.165) is 19.3 Å². The summed E-state index contributed by atoms with van der Waals surface area (Å²) in [6.07, 6.45) is 10.5. The SMILES string of the molecule is FC1[CH]CCCCCCCC1. The minimum Gasteiger partial charge on any atom is -0.247 e. The van der Waals surface area contributed by atoms with Gasteiger partial charge in [-0.2, -0.15) is 0 Å². The predicted octanol–water partition coefficient (Wildman–Crippen LogP) is 3.66. The van der Waals surface area contributed by atoms with E-state index in [1.807, 2.05) is 6.42 Å². The van der Waals surface area contributed by atoms with Gasteiger partial charge in [0, 0.05) is 0 Å². The lowest BCUT2D eigenvalue weighted by atomic mass is 10.00. The topological polar surface area (TPSA) is 0 Å². The average Bonchev–Trinajstić information content (AvgIpc) is 2.03. The van der Waals surface area contributed by atoms with Crippen molar-refractivity contribution in [1.29, 1.82) is 0 Å². The van der Waals surface area contributed by atoms with Crippen LogP contribution in [-0.4, -0.2) is 6.17 Å². The van der Waals surface area contributed by atoms with Crippen LogP contribution in [0.3, 0.4) is 0 Å². The van der Waals surface area contributed by atoms with Crippen LogP contribution in [0.4, 0.5) is 4.39 Å². The Labute approximate surface area is 69.2 Å². The molecule has 0 spiro atoms. The second kappa shape index (κ2) is 5.56. The van der Waals surface area contributed by atoms with Crippen LogP contribution in [0.2, 0.25) is 0 Å². The minimum atomic E-state index is -0.618. The zero-order chi connectivity index (χ0) is 7.94. The molecule has 0 aromatic carbocycles. The minimum absolute atomic E-state index is 0.618. The first-order chi connectivity index (χ1) is 5.39. The van der Waals surface area contributed by atoms with Crippen molar-refractivity contribution in [3.05, 3.63) is 6.42 Å². The summed E-state index contributed by atoms with van der Waals surface area (Å²) in [6.45, 7) is 0. The van der Waals surface area contributed by atoms with Crippen LogP contribution >= 0.6 is 0 Å². The summed E-state index contributed by atoms with van der Waals surface area (Å²) in [4.78, 5) is 0. The van der Waals surface area contributed by atoms with Gasteiger partial charge in [-0.05, 0) is 19.3 Å². The maximum atomic E-state index is 12.9. The molecule has 0 saturated heterocycles. The van der Waals surface area contributed by atoms with Crippen LogP contribution in [0.15, 0.2) is 0 Å². The first-order valence-corrected chi connectivity index (χ1v) is 4.87. The molecule has 1 aliphatic carbocycles. The quantitative estimate of drug-likeness (QED) is 0.503. The summed E-state index contributed by atoms with van der Waals surface area (Å²) in [7, 11) is 0. The third kappa shape index (κ3) is 4.39. The number of alkyl halides is 1. The van der Waals surface area contributed by atoms with Crippen molar-refractivity contribution in [1.82, 2.24) is 0 Å². The molecule has 1 fully saturated rings. The van der Waals surface area contributed by atoms with Crippen LogP contribution in [0, 0.1) is 6.42 Å². The van der Waals surface area contributed by atoms with Crippen molar-refractivity contribution in [3.8, 4) is 0 Å². The number of hydrogen-bond donors (Lipinski definition) is 0. The Bertz CT molecular complexity index is 80.9. The van der Waals surface area contributed by atoms with Crippen molar-refractivity contribution in [2.24, 2.45) is 0 Å². The maximum absolute atomic E-state index is 12.9. The Morgan fingerprint density at radius 2 is 1.55 bits per heavy atom. The Kier molecular flexibility index (Phi) is 4.56. The molecule has 1 heteroatoms. The predicted molar refractivity (Wildman–Crippen MR) is 46.1 cm³/mol. The highest BCUT2D eigenvalue weighted by Gasteiger charge is 2.07. The van der Waals surface area contributed by atoms with E-state index in [0.29, 0.717) is 0 Å². The van der Waals surface area contributed by atoms with Crippen LogP contribution < -0.4 is 0 Å². The molecule has 0 aromatic rings. The van der Waals surface area contributed by atoms with Gasteiger partial charge in [-0.25, -0.2) is 4.39 Å². The Morgan fingerprint density at radius 1 is 0.909 bits per heavy atom. The van der Waals surface area contributed by atoms with Gasteiger partial charge >= 0.3 is 0 Å². The van der Waals surface area contributed by atoms with Gasteiger partial charge in [0.2, 0.25) is 0 Å². The van der Waals surface area contributed by atoms with Crippen molar-refractivity contribution >= 4 is 0 Å². The normalized spacial score (nSPS) is 24.8. The van der Waals surface area contributed by atoms with Crippen LogP contribution in [-0.2, 0) is 0 Å². The molecule has 1 rings (SSSR count). The summed E-state index contributed by atoms with van der Waals surface area (Å²) in [5.74, 6) is 0. The fourth-order valence-corrected chi connectivity index (χ4v) is 1.61. The van der Waals surface area contributed by atoms with E-state index < -0.39 is 6.17 Å². The van der Waals surface area contributed by atoms with Crippen molar-refractivity contribution in [2.75, 3.05) is 0 Å². The molecular weight excluding hydrogens is 139 g/mol. The second-order valence-electron chi connectivity index (χ2n) is 3.45. The van der Waals surface area contributed by atoms with Crippen LogP contribution in [0.25, 0.3) is 0 Å². The molecule has 0 nitrogen and oxygen atoms in total. The summed E-state index contributed by atoms with van der Waals surface area (Å²) in [5.41, 5.74) is 0. The van der Waals surface area contributed by atoms with Crippen LogP contribution in [0.5, 0.6) is 0 Å². The molecule has 1 aliphatic rings. The lowest BCUT2D eigenvalue weighted by Gasteiger charge is -2.09. The van der Waals surface area contributed by atoms with E-state index >= 15 is 0 Å². The third-order valence-electron chi connectivity index (χ3n) is 2.36. The van der Waals surface area contributed by atoms with Gasteiger partial charge in [-0.1, -0.05) is 38.5 Å². The summed E-state index contributed by atoms with van der Waals surface area (Å²) < 4.78 is 12.9. The standard InChI is InChI=1S/C10H18F/c11-10-8-6-4-2-1-3-5-7-9-10/h8,10H,1-7,9H2. The largest absolute Gasteiger partial charge is 0.247 e. The Morgan fingerprint density at radius 3 is 2.36 bits per heavy atom. The van der Waals surface area contributed by atoms with E-state index in [-0.39, 0.29) is 0 Å². The Hall–Kier alpha value is -0.0700. The number of halogens is 1. The zero-order valence-corrected chi connectivity index (χ0v) is 7.19. The third-order valence-corrected chi connectivity index (χ3v) is 2.36. The summed E-state index contributed by atoms with van der Waals surface area (Å²) >= 11 is 0. The fraction of sp³-hybridized carbons (Fsp3) is 0.900. The maximum Gasteiger partial charge on any atom is 0.103 e. The lowest BCUT2D eigenvalue weighted by Crippen LogP contribution is -2.02. The molecule has 11 heavy (non-hydrogen) atoms. The summed E-state index contributed by atoms with van der Waals surface area (Å²) in [5, 5.41) is 0. The molecule has 0 amide bonds. The lowest BCUT2D eigenvalue weighted by molar-refractivity contribution is 0.329. The van der Waals surface area contributed by atoms with E-state index in [1.165, 1.54) is 32.1 Å². The molecule has 65 valence electrons. The van der Waals surface area contributed by atoms with E-state index in [9.17, 15) is 4.39 Å². The molecule has 0 aromatic heterocycles. The number of hydrogen-bond acceptors (Lipinski definition) is 0. The van der Waals surface area contributed by atoms with Gasteiger partial charge in [0.05, 0.1) is 0 Å². The van der Waals surface area contributed by atoms with Gasteiger partial charge in [-0.3, -0.25) is 0 Å². The van der Waals surface area contributed by atoms with Gasteiger partial charge in [-0.15, -0.1) is 0 Å². The highest BCUT2D eigenvalue weighted by atomic mass is 19.1. The zero-order valence-electron chi connectivity index (χ0n) is 7.19. The van der Waals surface area contributed by atoms with Crippen LogP contribution in [0.1, 0.15) is 51.4 Å². The first-order valence-electron chi connectivity index (χ1n) is 4.87. The highest BCUT2D eigenvalue weighted by molar-refractivity contribution is 4.76. The average molecular weight is 157 g/mol. The van der Waals surface area contributed by atoms with Gasteiger partial charge in [0.15, 0.2) is 0 Å². The summed E-state index contributed by atoms with van der Waals surface area (Å²) in [6, 6.07) is 0. The molecule has 0 aliphatic heterocycles. The molecule has 0 bridgehead atoms. The molecule has 1 radical (unpaired) electrons. The van der Waals surface area contributed by atoms with E-state index in [4.69, 9.17) is 0 Å². The van der Waals surface area contributed by atoms with Gasteiger partial charge in [0.25, 0.3) is 0 Å². The molecule has 1 unspecified atom stereocenters. The number of rotatable bonds is 0. The Balaban J connectivity index is 2.12. The van der Waals surface area contributed by atoms with Gasteiger partial charge in [0.1, 0.15) is 6.17 Å². The highest BCUT2D eigenvalue weighted by Crippen LogP contribution is 2.17. The molecule has 1 saturated carbocycles. The van der Waals surface area contributed by atoms with E-state index in [2.05, 4.69) is 0 Å². The van der Waals surface area contributed by atoms with Crippen molar-refractivity contribution < 1.29 is 4.39 Å². The molecule has 1 atom stereocenters. The van der Waals surface area contributed by atoms with Gasteiger partial charge < -0.3 is 0 Å². The second-order valence-corrected chi connectivity index (χ2v) is 3.45. The molecular formula is C10H18F. The smallest absolute Gasteiger partial charge is 0.103 e. The van der Waals surface area contributed by atoms with Crippen molar-refractivity contribution in [3.63, 3.8) is 0 Å². The fourth-order valence-electron chi connectivity index (χ4n) is 1.61. The molecule has 0 N–H and O–H groups in total. The monoisotopic (exact) mass is 157 g/mol.